The Hall–Kier alpha value is -2.32. The standard InChI is InChI=1S/C14H15F3N2O4/c1-13(2)6-23-12(21)10(13)19-11(20)8-4-3-5-9(18-8)22-7-14(15,16)17/h3-5,10H,6-7H2,1-2H3,(H,19,20)/t10-/m1/s1. The molecule has 0 bridgehead atoms. The van der Waals surface area contributed by atoms with Crippen molar-refractivity contribution in [2.75, 3.05) is 13.2 Å². The Morgan fingerprint density at radius 3 is 2.74 bits per heavy atom. The van der Waals surface area contributed by atoms with Crippen LogP contribution in [0.25, 0.3) is 0 Å². The Bertz CT molecular complexity index is 616. The molecule has 1 fully saturated rings. The van der Waals surface area contributed by atoms with Crippen LogP contribution in [0.5, 0.6) is 5.88 Å². The summed E-state index contributed by atoms with van der Waals surface area (Å²) >= 11 is 0. The number of hydrogen-bond donors (Lipinski definition) is 1. The molecule has 0 spiro atoms. The van der Waals surface area contributed by atoms with Crippen LogP contribution in [0.4, 0.5) is 13.2 Å². The Morgan fingerprint density at radius 1 is 1.48 bits per heavy atom. The van der Waals surface area contributed by atoms with E-state index in [0.29, 0.717) is 0 Å². The van der Waals surface area contributed by atoms with Gasteiger partial charge in [-0.1, -0.05) is 19.9 Å². The minimum absolute atomic E-state index is 0.153. The maximum absolute atomic E-state index is 12.1. The van der Waals surface area contributed by atoms with Gasteiger partial charge in [-0.2, -0.15) is 13.2 Å². The lowest BCUT2D eigenvalue weighted by Gasteiger charge is -2.22. The van der Waals surface area contributed by atoms with Gasteiger partial charge in [-0.05, 0) is 6.07 Å². The molecule has 6 nitrogen and oxygen atoms in total. The summed E-state index contributed by atoms with van der Waals surface area (Å²) in [5, 5.41) is 2.48. The van der Waals surface area contributed by atoms with Crippen molar-refractivity contribution in [2.24, 2.45) is 5.41 Å². The molecule has 1 N–H and O–H groups in total. The zero-order valence-electron chi connectivity index (χ0n) is 12.4. The van der Waals surface area contributed by atoms with Crippen LogP contribution in [0, 0.1) is 5.41 Å². The number of esters is 1. The van der Waals surface area contributed by atoms with Gasteiger partial charge >= 0.3 is 12.1 Å². The van der Waals surface area contributed by atoms with E-state index < -0.39 is 36.1 Å². The van der Waals surface area contributed by atoms with Crippen molar-refractivity contribution in [2.45, 2.75) is 26.1 Å². The fourth-order valence-electron chi connectivity index (χ4n) is 1.98. The van der Waals surface area contributed by atoms with Gasteiger partial charge in [0.05, 0.1) is 6.61 Å². The molecule has 1 aliphatic heterocycles. The van der Waals surface area contributed by atoms with Gasteiger partial charge in [0.1, 0.15) is 11.7 Å². The van der Waals surface area contributed by atoms with Crippen LogP contribution in [-0.4, -0.2) is 42.3 Å². The van der Waals surface area contributed by atoms with E-state index in [0.717, 1.165) is 0 Å². The average molecular weight is 332 g/mol. The molecule has 0 radical (unpaired) electrons. The average Bonchev–Trinajstić information content (AvgIpc) is 2.71. The van der Waals surface area contributed by atoms with E-state index >= 15 is 0 Å². The number of nitrogens with one attached hydrogen (secondary N) is 1. The van der Waals surface area contributed by atoms with Crippen LogP contribution in [0.2, 0.25) is 0 Å². The molecule has 9 heteroatoms. The normalized spacial score (nSPS) is 20.0. The van der Waals surface area contributed by atoms with Gasteiger partial charge in [-0.25, -0.2) is 9.78 Å². The molecule has 0 saturated carbocycles. The van der Waals surface area contributed by atoms with Crippen molar-refractivity contribution in [1.29, 1.82) is 0 Å². The number of nitrogens with zero attached hydrogens (tertiary/aromatic N) is 1. The highest BCUT2D eigenvalue weighted by Gasteiger charge is 2.44. The molecule has 0 unspecified atom stereocenters. The second-order valence-electron chi connectivity index (χ2n) is 5.77. The summed E-state index contributed by atoms with van der Waals surface area (Å²) < 4.78 is 45.7. The van der Waals surface area contributed by atoms with Crippen molar-refractivity contribution < 1.29 is 32.2 Å². The third kappa shape index (κ3) is 4.33. The lowest BCUT2D eigenvalue weighted by Crippen LogP contribution is -2.46. The number of halogens is 3. The second-order valence-corrected chi connectivity index (χ2v) is 5.77. The molecule has 23 heavy (non-hydrogen) atoms. The first-order chi connectivity index (χ1) is 10.6. The number of rotatable bonds is 4. The summed E-state index contributed by atoms with van der Waals surface area (Å²) in [6.45, 7) is 2.16. The predicted octanol–water partition coefficient (Wildman–Crippen LogP) is 1.70. The number of carbonyl (C=O) groups is 2. The van der Waals surface area contributed by atoms with Crippen LogP contribution in [-0.2, 0) is 9.53 Å². The molecule has 0 aliphatic carbocycles. The molecule has 1 aromatic heterocycles. The Kier molecular flexibility index (Phi) is 4.49. The van der Waals surface area contributed by atoms with Crippen LogP contribution >= 0.6 is 0 Å². The molecule has 2 rings (SSSR count). The summed E-state index contributed by atoms with van der Waals surface area (Å²) in [7, 11) is 0. The highest BCUT2D eigenvalue weighted by Crippen LogP contribution is 2.28. The van der Waals surface area contributed by atoms with Gasteiger partial charge < -0.3 is 14.8 Å². The molecule has 1 atom stereocenters. The minimum Gasteiger partial charge on any atom is -0.468 e. The van der Waals surface area contributed by atoms with Crippen LogP contribution in [0.15, 0.2) is 18.2 Å². The Morgan fingerprint density at radius 2 is 2.17 bits per heavy atom. The largest absolute Gasteiger partial charge is 0.468 e. The van der Waals surface area contributed by atoms with E-state index in [2.05, 4.69) is 15.0 Å². The zero-order valence-corrected chi connectivity index (χ0v) is 12.4. The van der Waals surface area contributed by atoms with E-state index in [4.69, 9.17) is 4.74 Å². The lowest BCUT2D eigenvalue weighted by molar-refractivity contribution is -0.154. The Balaban J connectivity index is 2.06. The fourth-order valence-corrected chi connectivity index (χ4v) is 1.98. The smallest absolute Gasteiger partial charge is 0.422 e. The summed E-state index contributed by atoms with van der Waals surface area (Å²) in [5.74, 6) is -1.59. The summed E-state index contributed by atoms with van der Waals surface area (Å²) in [6, 6.07) is 3.00. The molecule has 1 aromatic rings. The maximum Gasteiger partial charge on any atom is 0.422 e. The quantitative estimate of drug-likeness (QED) is 0.849. The number of amides is 1. The highest BCUT2D eigenvalue weighted by atomic mass is 19.4. The number of cyclic esters (lactones) is 1. The predicted molar refractivity (Wildman–Crippen MR) is 71.8 cm³/mol. The first kappa shape index (κ1) is 17.0. The number of hydrogen-bond acceptors (Lipinski definition) is 5. The number of ether oxygens (including phenoxy) is 2. The third-order valence-electron chi connectivity index (χ3n) is 3.22. The number of aromatic nitrogens is 1. The van der Waals surface area contributed by atoms with Gasteiger partial charge in [0, 0.05) is 11.5 Å². The van der Waals surface area contributed by atoms with E-state index in [1.54, 1.807) is 13.8 Å². The lowest BCUT2D eigenvalue weighted by atomic mass is 9.87. The number of alkyl halides is 3. The molecule has 1 saturated heterocycles. The van der Waals surface area contributed by atoms with E-state index in [1.807, 2.05) is 0 Å². The Labute approximate surface area is 130 Å². The molecular formula is C14H15F3N2O4. The highest BCUT2D eigenvalue weighted by molar-refractivity contribution is 5.95. The van der Waals surface area contributed by atoms with Crippen molar-refractivity contribution in [3.8, 4) is 5.88 Å². The van der Waals surface area contributed by atoms with Gasteiger partial charge in [-0.15, -0.1) is 0 Å². The fraction of sp³-hybridized carbons (Fsp3) is 0.500. The van der Waals surface area contributed by atoms with Crippen molar-refractivity contribution in [1.82, 2.24) is 10.3 Å². The third-order valence-corrected chi connectivity index (χ3v) is 3.22. The first-order valence-corrected chi connectivity index (χ1v) is 6.73. The number of pyridine rings is 1. The van der Waals surface area contributed by atoms with E-state index in [-0.39, 0.29) is 18.2 Å². The van der Waals surface area contributed by atoms with Crippen molar-refractivity contribution >= 4 is 11.9 Å². The molecule has 126 valence electrons. The van der Waals surface area contributed by atoms with Crippen molar-refractivity contribution in [3.05, 3.63) is 23.9 Å². The molecule has 0 aromatic carbocycles. The van der Waals surface area contributed by atoms with Gasteiger partial charge in [0.2, 0.25) is 5.88 Å². The molecule has 1 amide bonds. The SMILES string of the molecule is CC1(C)COC(=O)[C@H]1NC(=O)c1cccc(OCC(F)(F)F)n1. The molecule has 2 heterocycles. The van der Waals surface area contributed by atoms with E-state index in [9.17, 15) is 22.8 Å². The van der Waals surface area contributed by atoms with Crippen LogP contribution in [0.3, 0.4) is 0 Å². The van der Waals surface area contributed by atoms with Crippen LogP contribution < -0.4 is 10.1 Å². The first-order valence-electron chi connectivity index (χ1n) is 6.73. The second kappa shape index (κ2) is 6.05. The summed E-state index contributed by atoms with van der Waals surface area (Å²) in [4.78, 5) is 27.5. The molecule has 1 aliphatic rings. The topological polar surface area (TPSA) is 77.5 Å². The van der Waals surface area contributed by atoms with Gasteiger partial charge in [-0.3, -0.25) is 4.79 Å². The van der Waals surface area contributed by atoms with Crippen LogP contribution in [0.1, 0.15) is 24.3 Å². The summed E-state index contributed by atoms with van der Waals surface area (Å²) in [5.41, 5.74) is -0.739. The van der Waals surface area contributed by atoms with Crippen molar-refractivity contribution in [3.63, 3.8) is 0 Å². The minimum atomic E-state index is -4.50. The zero-order chi connectivity index (χ0) is 17.3. The summed E-state index contributed by atoms with van der Waals surface area (Å²) in [6.07, 6.45) is -4.50. The van der Waals surface area contributed by atoms with Gasteiger partial charge in [0.25, 0.3) is 5.91 Å². The van der Waals surface area contributed by atoms with Gasteiger partial charge in [0.15, 0.2) is 6.61 Å². The van der Waals surface area contributed by atoms with E-state index in [1.165, 1.54) is 18.2 Å². The maximum atomic E-state index is 12.1. The molecular weight excluding hydrogens is 317 g/mol. The monoisotopic (exact) mass is 332 g/mol. The number of carbonyl (C=O) groups excluding carboxylic acids is 2.